The van der Waals surface area contributed by atoms with Gasteiger partial charge in [0.25, 0.3) is 5.89 Å². The molecule has 100 valence electrons. The molecule has 0 amide bonds. The normalized spacial score (nSPS) is 10.5. The van der Waals surface area contributed by atoms with Gasteiger partial charge in [-0.3, -0.25) is 0 Å². The summed E-state index contributed by atoms with van der Waals surface area (Å²) in [7, 11) is 1.83. The molecule has 3 aromatic rings. The standard InChI is InChI=1S/C15H12FN3O/c1-17-13-5-3-2-4-12(13)15-18-14(19-20-15)10-6-8-11(16)9-7-10/h2-9,17H,1H3. The second-order valence-corrected chi connectivity index (χ2v) is 4.23. The zero-order valence-electron chi connectivity index (χ0n) is 10.8. The molecular weight excluding hydrogens is 257 g/mol. The number of para-hydroxylation sites is 1. The van der Waals surface area contributed by atoms with Crippen LogP contribution in [0.25, 0.3) is 22.8 Å². The average molecular weight is 269 g/mol. The van der Waals surface area contributed by atoms with Crippen molar-refractivity contribution in [3.8, 4) is 22.8 Å². The molecule has 5 heteroatoms. The molecule has 1 heterocycles. The summed E-state index contributed by atoms with van der Waals surface area (Å²) in [6, 6.07) is 13.6. The van der Waals surface area contributed by atoms with Crippen molar-refractivity contribution in [2.24, 2.45) is 0 Å². The zero-order chi connectivity index (χ0) is 13.9. The maximum atomic E-state index is 12.9. The molecule has 2 aromatic carbocycles. The third-order valence-electron chi connectivity index (χ3n) is 2.96. The maximum absolute atomic E-state index is 12.9. The summed E-state index contributed by atoms with van der Waals surface area (Å²) < 4.78 is 18.2. The Morgan fingerprint density at radius 1 is 1.05 bits per heavy atom. The molecule has 1 aromatic heterocycles. The number of benzene rings is 2. The van der Waals surface area contributed by atoms with Gasteiger partial charge in [-0.05, 0) is 36.4 Å². The number of hydrogen-bond donors (Lipinski definition) is 1. The van der Waals surface area contributed by atoms with Gasteiger partial charge in [-0.15, -0.1) is 0 Å². The molecule has 0 aliphatic heterocycles. The zero-order valence-corrected chi connectivity index (χ0v) is 10.8. The second-order valence-electron chi connectivity index (χ2n) is 4.23. The number of halogens is 1. The SMILES string of the molecule is CNc1ccccc1-c1nc(-c2ccc(F)cc2)no1. The molecule has 0 saturated heterocycles. The molecule has 0 spiro atoms. The van der Waals surface area contributed by atoms with Crippen LogP contribution in [-0.4, -0.2) is 17.2 Å². The van der Waals surface area contributed by atoms with Gasteiger partial charge < -0.3 is 9.84 Å². The number of anilines is 1. The summed E-state index contributed by atoms with van der Waals surface area (Å²) in [4.78, 5) is 4.35. The molecule has 4 nitrogen and oxygen atoms in total. The molecule has 0 bridgehead atoms. The summed E-state index contributed by atoms with van der Waals surface area (Å²) >= 11 is 0. The van der Waals surface area contributed by atoms with E-state index in [0.29, 0.717) is 17.3 Å². The molecular formula is C15H12FN3O. The van der Waals surface area contributed by atoms with Crippen molar-refractivity contribution in [2.75, 3.05) is 12.4 Å². The number of nitrogens with zero attached hydrogens (tertiary/aromatic N) is 2. The van der Waals surface area contributed by atoms with Gasteiger partial charge in [0.2, 0.25) is 5.82 Å². The molecule has 20 heavy (non-hydrogen) atoms. The van der Waals surface area contributed by atoms with Gasteiger partial charge in [-0.25, -0.2) is 4.39 Å². The molecule has 1 N–H and O–H groups in total. The Morgan fingerprint density at radius 3 is 2.55 bits per heavy atom. The van der Waals surface area contributed by atoms with E-state index in [1.165, 1.54) is 12.1 Å². The van der Waals surface area contributed by atoms with Gasteiger partial charge in [0.05, 0.1) is 5.56 Å². The summed E-state index contributed by atoms with van der Waals surface area (Å²) in [6.07, 6.45) is 0. The van der Waals surface area contributed by atoms with Crippen molar-refractivity contribution in [2.45, 2.75) is 0 Å². The topological polar surface area (TPSA) is 51.0 Å². The van der Waals surface area contributed by atoms with Crippen LogP contribution in [0.15, 0.2) is 53.1 Å². The van der Waals surface area contributed by atoms with Crippen LogP contribution < -0.4 is 5.32 Å². The Bertz CT molecular complexity index is 722. The first-order valence-corrected chi connectivity index (χ1v) is 6.15. The lowest BCUT2D eigenvalue weighted by Crippen LogP contribution is -1.91. The lowest BCUT2D eigenvalue weighted by Gasteiger charge is -2.03. The van der Waals surface area contributed by atoms with Crippen molar-refractivity contribution < 1.29 is 8.91 Å². The highest BCUT2D eigenvalue weighted by atomic mass is 19.1. The van der Waals surface area contributed by atoms with Crippen LogP contribution in [-0.2, 0) is 0 Å². The Morgan fingerprint density at radius 2 is 1.80 bits per heavy atom. The van der Waals surface area contributed by atoms with Gasteiger partial charge in [-0.1, -0.05) is 17.3 Å². The van der Waals surface area contributed by atoms with Crippen molar-refractivity contribution in [1.82, 2.24) is 10.1 Å². The van der Waals surface area contributed by atoms with Gasteiger partial charge in [-0.2, -0.15) is 4.98 Å². The van der Waals surface area contributed by atoms with Crippen LogP contribution in [0.2, 0.25) is 0 Å². The fourth-order valence-corrected chi connectivity index (χ4v) is 1.94. The van der Waals surface area contributed by atoms with Crippen molar-refractivity contribution >= 4 is 5.69 Å². The second kappa shape index (κ2) is 5.13. The number of hydrogen-bond acceptors (Lipinski definition) is 4. The third-order valence-corrected chi connectivity index (χ3v) is 2.96. The Labute approximate surface area is 115 Å². The largest absolute Gasteiger partial charge is 0.387 e. The van der Waals surface area contributed by atoms with E-state index in [0.717, 1.165) is 11.3 Å². The van der Waals surface area contributed by atoms with Gasteiger partial charge >= 0.3 is 0 Å². The quantitative estimate of drug-likeness (QED) is 0.789. The predicted octanol–water partition coefficient (Wildman–Crippen LogP) is 3.58. The Kier molecular flexibility index (Phi) is 3.16. The van der Waals surface area contributed by atoms with Crippen LogP contribution in [0.1, 0.15) is 0 Å². The highest BCUT2D eigenvalue weighted by molar-refractivity contribution is 5.73. The van der Waals surface area contributed by atoms with E-state index in [1.54, 1.807) is 12.1 Å². The molecule has 3 rings (SSSR count). The fourth-order valence-electron chi connectivity index (χ4n) is 1.94. The fraction of sp³-hybridized carbons (Fsp3) is 0.0667. The lowest BCUT2D eigenvalue weighted by atomic mass is 10.1. The molecule has 0 saturated carbocycles. The minimum atomic E-state index is -0.294. The lowest BCUT2D eigenvalue weighted by molar-refractivity contribution is 0.432. The summed E-state index contributed by atoms with van der Waals surface area (Å²) in [5.74, 6) is 0.568. The average Bonchev–Trinajstić information content (AvgIpc) is 2.97. The number of nitrogens with one attached hydrogen (secondary N) is 1. The van der Waals surface area contributed by atoms with E-state index in [2.05, 4.69) is 15.5 Å². The minimum Gasteiger partial charge on any atom is -0.387 e. The summed E-state index contributed by atoms with van der Waals surface area (Å²) in [6.45, 7) is 0. The van der Waals surface area contributed by atoms with E-state index in [-0.39, 0.29) is 5.82 Å². The van der Waals surface area contributed by atoms with Crippen LogP contribution in [0, 0.1) is 5.82 Å². The van der Waals surface area contributed by atoms with E-state index in [1.807, 2.05) is 31.3 Å². The molecule has 0 aliphatic rings. The summed E-state index contributed by atoms with van der Waals surface area (Å²) in [5, 5.41) is 7.00. The third kappa shape index (κ3) is 2.25. The van der Waals surface area contributed by atoms with Crippen molar-refractivity contribution in [3.05, 3.63) is 54.3 Å². The highest BCUT2D eigenvalue weighted by Crippen LogP contribution is 2.27. The van der Waals surface area contributed by atoms with Gasteiger partial charge in [0, 0.05) is 18.3 Å². The maximum Gasteiger partial charge on any atom is 0.260 e. The Balaban J connectivity index is 2.00. The Hall–Kier alpha value is -2.69. The minimum absolute atomic E-state index is 0.294. The predicted molar refractivity (Wildman–Crippen MR) is 74.7 cm³/mol. The van der Waals surface area contributed by atoms with Crippen LogP contribution in [0.4, 0.5) is 10.1 Å². The summed E-state index contributed by atoms with van der Waals surface area (Å²) in [5.41, 5.74) is 2.45. The van der Waals surface area contributed by atoms with Gasteiger partial charge in [0.1, 0.15) is 5.82 Å². The van der Waals surface area contributed by atoms with Gasteiger partial charge in [0.15, 0.2) is 0 Å². The van der Waals surface area contributed by atoms with E-state index in [4.69, 9.17) is 4.52 Å². The monoisotopic (exact) mass is 269 g/mol. The van der Waals surface area contributed by atoms with Crippen molar-refractivity contribution in [3.63, 3.8) is 0 Å². The molecule has 0 atom stereocenters. The van der Waals surface area contributed by atoms with Crippen LogP contribution in [0.3, 0.4) is 0 Å². The van der Waals surface area contributed by atoms with E-state index < -0.39 is 0 Å². The first kappa shape index (κ1) is 12.3. The molecule has 0 radical (unpaired) electrons. The molecule has 0 fully saturated rings. The van der Waals surface area contributed by atoms with Crippen molar-refractivity contribution in [1.29, 1.82) is 0 Å². The van der Waals surface area contributed by atoms with E-state index in [9.17, 15) is 4.39 Å². The molecule has 0 aliphatic carbocycles. The highest BCUT2D eigenvalue weighted by Gasteiger charge is 2.13. The number of aromatic nitrogens is 2. The van der Waals surface area contributed by atoms with Crippen LogP contribution in [0.5, 0.6) is 0 Å². The van der Waals surface area contributed by atoms with Crippen LogP contribution >= 0.6 is 0 Å². The molecule has 0 unspecified atom stereocenters. The van der Waals surface area contributed by atoms with E-state index >= 15 is 0 Å². The number of rotatable bonds is 3. The first-order chi connectivity index (χ1) is 9.78. The smallest absolute Gasteiger partial charge is 0.260 e. The first-order valence-electron chi connectivity index (χ1n) is 6.15.